The van der Waals surface area contributed by atoms with E-state index in [1.54, 1.807) is 13.2 Å². The van der Waals surface area contributed by atoms with Crippen LogP contribution in [0.1, 0.15) is 29.3 Å². The largest absolute Gasteiger partial charge is 0.497 e. The van der Waals surface area contributed by atoms with Gasteiger partial charge >= 0.3 is 5.97 Å². The smallest absolute Gasteiger partial charge is 0.338 e. The maximum atomic E-state index is 12.3. The molecule has 1 amide bonds. The van der Waals surface area contributed by atoms with Crippen LogP contribution in [0.5, 0.6) is 17.2 Å². The second-order valence-corrected chi connectivity index (χ2v) is 6.90. The summed E-state index contributed by atoms with van der Waals surface area (Å²) in [6, 6.07) is 10.4. The molecule has 2 aromatic carbocycles. The number of methoxy groups -OCH3 is 2. The van der Waals surface area contributed by atoms with E-state index < -0.39 is 18.5 Å². The Morgan fingerprint density at radius 2 is 1.90 bits per heavy atom. The van der Waals surface area contributed by atoms with Crippen LogP contribution in [-0.2, 0) is 16.1 Å². The van der Waals surface area contributed by atoms with Crippen molar-refractivity contribution in [1.29, 1.82) is 0 Å². The van der Waals surface area contributed by atoms with Crippen molar-refractivity contribution < 1.29 is 28.5 Å². The Morgan fingerprint density at radius 3 is 2.59 bits per heavy atom. The van der Waals surface area contributed by atoms with Crippen LogP contribution in [0.3, 0.4) is 0 Å². The molecule has 156 valence electrons. The number of amides is 1. The maximum Gasteiger partial charge on any atom is 0.338 e. The van der Waals surface area contributed by atoms with Crippen LogP contribution in [0.15, 0.2) is 40.9 Å². The minimum atomic E-state index is -0.637. The molecule has 2 aromatic rings. The Morgan fingerprint density at radius 1 is 1.10 bits per heavy atom. The van der Waals surface area contributed by atoms with E-state index in [0.717, 1.165) is 12.0 Å². The summed E-state index contributed by atoms with van der Waals surface area (Å²) in [5, 5.41) is 2.70. The van der Waals surface area contributed by atoms with Crippen LogP contribution in [0.2, 0.25) is 0 Å². The van der Waals surface area contributed by atoms with Crippen molar-refractivity contribution in [2.45, 2.75) is 19.9 Å². The number of carbonyl (C=O) groups is 2. The molecule has 2 rings (SSSR count). The van der Waals surface area contributed by atoms with E-state index in [2.05, 4.69) is 21.2 Å². The van der Waals surface area contributed by atoms with E-state index >= 15 is 0 Å². The lowest BCUT2D eigenvalue weighted by atomic mass is 10.2. The molecule has 7 nitrogen and oxygen atoms in total. The first kappa shape index (κ1) is 22.5. The fourth-order valence-corrected chi connectivity index (χ4v) is 2.99. The molecule has 0 aliphatic rings. The number of halogens is 1. The number of esters is 1. The number of hydrogen-bond donors (Lipinski definition) is 1. The highest BCUT2D eigenvalue weighted by Crippen LogP contribution is 2.37. The number of rotatable bonds is 10. The Bertz CT molecular complexity index is 855. The van der Waals surface area contributed by atoms with Gasteiger partial charge in [0, 0.05) is 6.54 Å². The SMILES string of the molecule is CCCOc1c(Br)cc(C(=O)OCC(=O)NCc2cccc(OC)c2)cc1OC. The number of hydrogen-bond acceptors (Lipinski definition) is 6. The van der Waals surface area contributed by atoms with Crippen LogP contribution in [0.25, 0.3) is 0 Å². The van der Waals surface area contributed by atoms with E-state index in [0.29, 0.717) is 34.9 Å². The fourth-order valence-electron chi connectivity index (χ4n) is 2.43. The molecule has 1 N–H and O–H groups in total. The first-order valence-electron chi connectivity index (χ1n) is 9.05. The monoisotopic (exact) mass is 465 g/mol. The molecule has 0 bridgehead atoms. The lowest BCUT2D eigenvalue weighted by Gasteiger charge is -2.13. The summed E-state index contributed by atoms with van der Waals surface area (Å²) in [4.78, 5) is 24.3. The molecule has 0 aromatic heterocycles. The molecule has 0 unspecified atom stereocenters. The minimum Gasteiger partial charge on any atom is -0.497 e. The summed E-state index contributed by atoms with van der Waals surface area (Å²) in [7, 11) is 3.06. The quantitative estimate of drug-likeness (QED) is 0.538. The Balaban J connectivity index is 1.92. The number of nitrogens with one attached hydrogen (secondary N) is 1. The maximum absolute atomic E-state index is 12.3. The zero-order valence-corrected chi connectivity index (χ0v) is 18.2. The highest BCUT2D eigenvalue weighted by molar-refractivity contribution is 9.10. The van der Waals surface area contributed by atoms with Gasteiger partial charge in [0.1, 0.15) is 5.75 Å². The van der Waals surface area contributed by atoms with Crippen molar-refractivity contribution in [3.8, 4) is 17.2 Å². The molecule has 8 heteroatoms. The topological polar surface area (TPSA) is 83.1 Å². The molecular formula is C21H24BrNO6. The second kappa shape index (κ2) is 11.3. The molecule has 0 spiro atoms. The highest BCUT2D eigenvalue weighted by Gasteiger charge is 2.17. The predicted octanol–water partition coefficient (Wildman–Crippen LogP) is 3.73. The second-order valence-electron chi connectivity index (χ2n) is 6.04. The van der Waals surface area contributed by atoms with Gasteiger partial charge in [0.05, 0.1) is 30.9 Å². The van der Waals surface area contributed by atoms with Gasteiger partial charge in [-0.15, -0.1) is 0 Å². The van der Waals surface area contributed by atoms with Gasteiger partial charge in [0.15, 0.2) is 18.1 Å². The first-order valence-corrected chi connectivity index (χ1v) is 9.84. The molecule has 0 fully saturated rings. The minimum absolute atomic E-state index is 0.248. The summed E-state index contributed by atoms with van der Waals surface area (Å²) in [6.45, 7) is 2.42. The van der Waals surface area contributed by atoms with Crippen LogP contribution in [-0.4, -0.2) is 39.3 Å². The molecule has 0 saturated heterocycles. The van der Waals surface area contributed by atoms with Gasteiger partial charge in [-0.05, 0) is 52.2 Å². The van der Waals surface area contributed by atoms with Gasteiger partial charge < -0.3 is 24.3 Å². The van der Waals surface area contributed by atoms with Crippen LogP contribution < -0.4 is 19.5 Å². The van der Waals surface area contributed by atoms with Gasteiger partial charge in [0.2, 0.25) is 0 Å². The van der Waals surface area contributed by atoms with Crippen molar-refractivity contribution in [2.24, 2.45) is 0 Å². The molecule has 0 aliphatic carbocycles. The van der Waals surface area contributed by atoms with Crippen molar-refractivity contribution in [1.82, 2.24) is 5.32 Å². The summed E-state index contributed by atoms with van der Waals surface area (Å²) in [5.41, 5.74) is 1.12. The molecule has 0 aliphatic heterocycles. The molecule has 0 heterocycles. The summed E-state index contributed by atoms with van der Waals surface area (Å²) >= 11 is 3.38. The van der Waals surface area contributed by atoms with Gasteiger partial charge in [-0.25, -0.2) is 4.79 Å². The van der Waals surface area contributed by atoms with Crippen molar-refractivity contribution >= 4 is 27.8 Å². The van der Waals surface area contributed by atoms with Crippen LogP contribution in [0.4, 0.5) is 0 Å². The number of carbonyl (C=O) groups excluding carboxylic acids is 2. The highest BCUT2D eigenvalue weighted by atomic mass is 79.9. The third-order valence-electron chi connectivity index (χ3n) is 3.87. The van der Waals surface area contributed by atoms with Crippen LogP contribution >= 0.6 is 15.9 Å². The lowest BCUT2D eigenvalue weighted by Crippen LogP contribution is -2.28. The Kier molecular flexibility index (Phi) is 8.79. The zero-order valence-electron chi connectivity index (χ0n) is 16.6. The molecule has 0 saturated carbocycles. The van der Waals surface area contributed by atoms with Crippen molar-refractivity contribution in [3.63, 3.8) is 0 Å². The van der Waals surface area contributed by atoms with E-state index in [1.165, 1.54) is 13.2 Å². The third kappa shape index (κ3) is 6.67. The van der Waals surface area contributed by atoms with E-state index in [-0.39, 0.29) is 5.56 Å². The van der Waals surface area contributed by atoms with Gasteiger partial charge in [0.25, 0.3) is 5.91 Å². The molecule has 0 atom stereocenters. The molecule has 0 radical (unpaired) electrons. The number of ether oxygens (including phenoxy) is 4. The Labute approximate surface area is 178 Å². The predicted molar refractivity (Wildman–Crippen MR) is 112 cm³/mol. The van der Waals surface area contributed by atoms with E-state index in [9.17, 15) is 9.59 Å². The van der Waals surface area contributed by atoms with E-state index in [4.69, 9.17) is 18.9 Å². The summed E-state index contributed by atoms with van der Waals surface area (Å²) < 4.78 is 21.7. The average molecular weight is 466 g/mol. The first-order chi connectivity index (χ1) is 14.0. The molecule has 29 heavy (non-hydrogen) atoms. The third-order valence-corrected chi connectivity index (χ3v) is 4.46. The van der Waals surface area contributed by atoms with Crippen molar-refractivity contribution in [3.05, 3.63) is 52.0 Å². The fraction of sp³-hybridized carbons (Fsp3) is 0.333. The van der Waals surface area contributed by atoms with Gasteiger partial charge in [-0.3, -0.25) is 4.79 Å². The van der Waals surface area contributed by atoms with Gasteiger partial charge in [-0.1, -0.05) is 19.1 Å². The molecular weight excluding hydrogens is 442 g/mol. The van der Waals surface area contributed by atoms with Crippen molar-refractivity contribution in [2.75, 3.05) is 27.4 Å². The lowest BCUT2D eigenvalue weighted by molar-refractivity contribution is -0.124. The summed E-state index contributed by atoms with van der Waals surface area (Å²) in [6.07, 6.45) is 0.838. The average Bonchev–Trinajstić information content (AvgIpc) is 2.74. The number of benzene rings is 2. The van der Waals surface area contributed by atoms with Gasteiger partial charge in [-0.2, -0.15) is 0 Å². The standard InChI is InChI=1S/C21H24BrNO6/c1-4-8-28-20-17(22)10-15(11-18(20)27-3)21(25)29-13-19(24)23-12-14-6-5-7-16(9-14)26-2/h5-7,9-11H,4,8,12-13H2,1-3H3,(H,23,24). The Hall–Kier alpha value is -2.74. The zero-order chi connectivity index (χ0) is 21.2. The van der Waals surface area contributed by atoms with Crippen LogP contribution in [0, 0.1) is 0 Å². The normalized spacial score (nSPS) is 10.2. The summed E-state index contributed by atoms with van der Waals surface area (Å²) in [5.74, 6) is 0.580. The van der Waals surface area contributed by atoms with E-state index in [1.807, 2.05) is 31.2 Å².